The molecule has 0 amide bonds. The van der Waals surface area contributed by atoms with Crippen LogP contribution in [0.2, 0.25) is 0 Å². The quantitative estimate of drug-likeness (QED) is 0.428. The van der Waals surface area contributed by atoms with Gasteiger partial charge in [0.05, 0.1) is 11.3 Å². The smallest absolute Gasteiger partial charge is 0.324 e. The average Bonchev–Trinajstić information content (AvgIpc) is 2.06. The molecule has 0 aromatic rings. The maximum atomic E-state index is 12.2. The lowest BCUT2D eigenvalue weighted by molar-refractivity contribution is 0.228. The van der Waals surface area contributed by atoms with Gasteiger partial charge in [0.1, 0.15) is 0 Å². The summed E-state index contributed by atoms with van der Waals surface area (Å²) < 4.78 is 23.2. The highest BCUT2D eigenvalue weighted by Crippen LogP contribution is 2.60. The molecule has 0 aromatic heterocycles. The summed E-state index contributed by atoms with van der Waals surface area (Å²) in [5, 5.41) is -1.43. The van der Waals surface area contributed by atoms with Crippen molar-refractivity contribution < 1.29 is 28.7 Å². The van der Waals surface area contributed by atoms with Crippen LogP contribution >= 0.6 is 15.2 Å². The first-order valence-corrected chi connectivity index (χ1v) is 10.6. The fourth-order valence-electron chi connectivity index (χ4n) is 2.73. The maximum absolute atomic E-state index is 12.2. The first-order chi connectivity index (χ1) is 9.37. The second kappa shape index (κ2) is 6.88. The van der Waals surface area contributed by atoms with E-state index in [0.29, 0.717) is 0 Å². The van der Waals surface area contributed by atoms with Crippen LogP contribution < -0.4 is 0 Å². The van der Waals surface area contributed by atoms with Crippen LogP contribution in [0.15, 0.2) is 12.2 Å². The van der Waals surface area contributed by atoms with Crippen molar-refractivity contribution >= 4 is 15.2 Å². The molecule has 0 heterocycles. The third-order valence-corrected chi connectivity index (χ3v) is 5.34. The zero-order chi connectivity index (χ0) is 18.0. The monoisotopic (exact) mass is 356 g/mol. The predicted molar refractivity (Wildman–Crippen MR) is 89.0 cm³/mol. The van der Waals surface area contributed by atoms with E-state index in [9.17, 15) is 18.9 Å². The normalized spacial score (nSPS) is 15.5. The largest absolute Gasteiger partial charge is 0.335 e. The van der Waals surface area contributed by atoms with Crippen molar-refractivity contribution in [1.82, 2.24) is 0 Å². The molecule has 6 nitrogen and oxygen atoms in total. The van der Waals surface area contributed by atoms with Crippen LogP contribution in [0.4, 0.5) is 0 Å². The van der Waals surface area contributed by atoms with Gasteiger partial charge in [-0.2, -0.15) is 0 Å². The van der Waals surface area contributed by atoms with Crippen molar-refractivity contribution in [1.29, 1.82) is 0 Å². The first kappa shape index (κ1) is 22.0. The molecule has 0 saturated heterocycles. The summed E-state index contributed by atoms with van der Waals surface area (Å²) in [6, 6.07) is 0. The fourth-order valence-corrected chi connectivity index (χ4v) is 4.77. The summed E-state index contributed by atoms with van der Waals surface area (Å²) >= 11 is 0. The molecule has 0 aliphatic heterocycles. The Balaban J connectivity index is 5.87. The van der Waals surface area contributed by atoms with Crippen LogP contribution in [0, 0.1) is 10.8 Å². The van der Waals surface area contributed by atoms with Gasteiger partial charge in [-0.25, -0.2) is 0 Å². The molecule has 132 valence electrons. The Morgan fingerprint density at radius 2 is 1.18 bits per heavy atom. The Hall–Kier alpha value is 0.0400. The first-order valence-electron chi connectivity index (χ1n) is 7.15. The molecule has 22 heavy (non-hydrogen) atoms. The Kier molecular flexibility index (Phi) is 6.89. The molecule has 4 N–H and O–H groups in total. The minimum atomic E-state index is -4.52. The third kappa shape index (κ3) is 8.61. The maximum Gasteiger partial charge on any atom is 0.335 e. The standard InChI is InChI=1S/C14H30O6P2/c1-12(2,3)10-14(22(18,19)20,11-13(4,5)6)8-7-9-21(15,16)17/h7-8H,9-11H2,1-6H3,(H2,15,16,17)(H2,18,19,20). The molecule has 0 saturated carbocycles. The van der Waals surface area contributed by atoms with Crippen molar-refractivity contribution in [2.24, 2.45) is 10.8 Å². The molecule has 0 spiro atoms. The van der Waals surface area contributed by atoms with Gasteiger partial charge in [0, 0.05) is 0 Å². The van der Waals surface area contributed by atoms with Crippen LogP contribution in [0.3, 0.4) is 0 Å². The zero-order valence-electron chi connectivity index (χ0n) is 14.3. The van der Waals surface area contributed by atoms with Gasteiger partial charge in [0.2, 0.25) is 0 Å². The molecule has 0 radical (unpaired) electrons. The van der Waals surface area contributed by atoms with Crippen molar-refractivity contribution in [3.05, 3.63) is 12.2 Å². The van der Waals surface area contributed by atoms with E-state index in [-0.39, 0.29) is 23.7 Å². The molecule has 0 aliphatic rings. The highest BCUT2D eigenvalue weighted by atomic mass is 31.2. The van der Waals surface area contributed by atoms with Crippen molar-refractivity contribution in [3.63, 3.8) is 0 Å². The van der Waals surface area contributed by atoms with Crippen LogP contribution in [0.1, 0.15) is 54.4 Å². The molecule has 8 heteroatoms. The van der Waals surface area contributed by atoms with E-state index in [2.05, 4.69) is 0 Å². The van der Waals surface area contributed by atoms with Gasteiger partial charge in [-0.3, -0.25) is 9.13 Å². The van der Waals surface area contributed by atoms with E-state index in [1.807, 2.05) is 41.5 Å². The van der Waals surface area contributed by atoms with Gasteiger partial charge in [0.25, 0.3) is 0 Å². The lowest BCUT2D eigenvalue weighted by atomic mass is 9.76. The highest BCUT2D eigenvalue weighted by molar-refractivity contribution is 7.54. The molecule has 0 rings (SSSR count). The van der Waals surface area contributed by atoms with Crippen LogP contribution in [0.25, 0.3) is 0 Å². The van der Waals surface area contributed by atoms with Crippen molar-refractivity contribution in [2.75, 3.05) is 6.16 Å². The van der Waals surface area contributed by atoms with Gasteiger partial charge in [0.15, 0.2) is 0 Å². The Morgan fingerprint density at radius 3 is 1.41 bits per heavy atom. The summed E-state index contributed by atoms with van der Waals surface area (Å²) in [5.74, 6) is 0. The summed E-state index contributed by atoms with van der Waals surface area (Å²) in [6.07, 6.45) is 2.45. The molecule has 0 bridgehead atoms. The van der Waals surface area contributed by atoms with Crippen molar-refractivity contribution in [2.45, 2.75) is 59.5 Å². The summed E-state index contributed by atoms with van der Waals surface area (Å²) in [7, 11) is -8.77. The number of allylic oxidation sites excluding steroid dienone is 2. The van der Waals surface area contributed by atoms with E-state index >= 15 is 0 Å². The summed E-state index contributed by atoms with van der Waals surface area (Å²) in [4.78, 5) is 37.8. The van der Waals surface area contributed by atoms with E-state index in [4.69, 9.17) is 9.79 Å². The molecular formula is C14H30O6P2. The predicted octanol–water partition coefficient (Wildman–Crippen LogP) is 3.51. The van der Waals surface area contributed by atoms with Crippen LogP contribution in [0.5, 0.6) is 0 Å². The van der Waals surface area contributed by atoms with Crippen LogP contribution in [-0.2, 0) is 9.13 Å². The van der Waals surface area contributed by atoms with Gasteiger partial charge in [-0.1, -0.05) is 53.7 Å². The van der Waals surface area contributed by atoms with E-state index in [1.54, 1.807) is 0 Å². The minimum absolute atomic E-state index is 0.221. The summed E-state index contributed by atoms with van der Waals surface area (Å²) in [5.41, 5.74) is -0.697. The van der Waals surface area contributed by atoms with E-state index < -0.39 is 26.5 Å². The van der Waals surface area contributed by atoms with Crippen molar-refractivity contribution in [3.8, 4) is 0 Å². The average molecular weight is 356 g/mol. The molecule has 0 atom stereocenters. The second-order valence-electron chi connectivity index (χ2n) is 8.37. The van der Waals surface area contributed by atoms with Gasteiger partial charge in [-0.15, -0.1) is 0 Å². The highest BCUT2D eigenvalue weighted by Gasteiger charge is 2.48. The Labute approximate surface area is 133 Å². The van der Waals surface area contributed by atoms with Gasteiger partial charge < -0.3 is 19.6 Å². The molecule has 0 aliphatic carbocycles. The zero-order valence-corrected chi connectivity index (χ0v) is 16.1. The summed E-state index contributed by atoms with van der Waals surface area (Å²) in [6.45, 7) is 11.3. The number of rotatable bonds is 6. The minimum Gasteiger partial charge on any atom is -0.324 e. The molecule has 0 aromatic carbocycles. The third-order valence-electron chi connectivity index (χ3n) is 3.02. The number of hydrogen-bond acceptors (Lipinski definition) is 2. The van der Waals surface area contributed by atoms with E-state index in [1.165, 1.54) is 12.2 Å². The Morgan fingerprint density at radius 1 is 0.818 bits per heavy atom. The van der Waals surface area contributed by atoms with Gasteiger partial charge >= 0.3 is 15.2 Å². The lowest BCUT2D eigenvalue weighted by Crippen LogP contribution is -2.36. The lowest BCUT2D eigenvalue weighted by Gasteiger charge is -2.41. The molecule has 0 unspecified atom stereocenters. The molecule has 0 fully saturated rings. The van der Waals surface area contributed by atoms with Crippen LogP contribution in [-0.4, -0.2) is 30.9 Å². The Bertz CT molecular complexity index is 470. The SMILES string of the molecule is CC(C)(C)CC(C=CCP(=O)(O)O)(CC(C)(C)C)P(=O)(O)O. The van der Waals surface area contributed by atoms with E-state index in [0.717, 1.165) is 0 Å². The van der Waals surface area contributed by atoms with Gasteiger partial charge in [-0.05, 0) is 23.7 Å². The molecular weight excluding hydrogens is 326 g/mol. The topological polar surface area (TPSA) is 115 Å². The number of hydrogen-bond donors (Lipinski definition) is 4. The second-order valence-corrected chi connectivity index (χ2v) is 12.0. The fraction of sp³-hybridized carbons (Fsp3) is 0.857.